The molecular formula is C34H37BF2N2O6S. The summed E-state index contributed by atoms with van der Waals surface area (Å²) in [5.41, 5.74) is 7.94. The van der Waals surface area contributed by atoms with Crippen LogP contribution in [0.4, 0.5) is 14.5 Å². The van der Waals surface area contributed by atoms with Crippen molar-refractivity contribution in [3.63, 3.8) is 0 Å². The molecule has 242 valence electrons. The number of benzene rings is 3. The molecule has 1 aliphatic heterocycles. The number of carbonyl (C=O) groups is 1. The van der Waals surface area contributed by atoms with Crippen LogP contribution in [0.3, 0.4) is 0 Å². The smallest absolute Gasteiger partial charge is 0.460 e. The maximum absolute atomic E-state index is 15.4. The Bertz CT molecular complexity index is 1920. The topological polar surface area (TPSA) is 112 Å². The third-order valence-electron chi connectivity index (χ3n) is 9.30. The number of carbonyl (C=O) groups excluding carboxylic acids is 1. The van der Waals surface area contributed by atoms with Crippen molar-refractivity contribution in [3.05, 3.63) is 94.2 Å². The average molecular weight is 651 g/mol. The summed E-state index contributed by atoms with van der Waals surface area (Å²) >= 11 is 0. The fourth-order valence-corrected chi connectivity index (χ4v) is 6.84. The second kappa shape index (κ2) is 11.5. The minimum absolute atomic E-state index is 0.0468. The Morgan fingerprint density at radius 1 is 0.978 bits per heavy atom. The van der Waals surface area contributed by atoms with Crippen molar-refractivity contribution >= 4 is 45.2 Å². The van der Waals surface area contributed by atoms with Crippen molar-refractivity contribution in [1.29, 1.82) is 0 Å². The number of furan rings is 1. The number of amides is 1. The summed E-state index contributed by atoms with van der Waals surface area (Å²) in [4.78, 5) is 12.6. The van der Waals surface area contributed by atoms with Gasteiger partial charge in [-0.05, 0) is 93.8 Å². The number of nitrogens with two attached hydrogens (primary N) is 1. The number of anilines is 1. The Hall–Kier alpha value is -3.74. The van der Waals surface area contributed by atoms with E-state index in [1.807, 2.05) is 27.7 Å². The Balaban J connectivity index is 1.32. The van der Waals surface area contributed by atoms with Gasteiger partial charge in [-0.1, -0.05) is 24.3 Å². The van der Waals surface area contributed by atoms with Crippen LogP contribution >= 0.6 is 0 Å². The monoisotopic (exact) mass is 650 g/mol. The van der Waals surface area contributed by atoms with E-state index in [-0.39, 0.29) is 42.1 Å². The van der Waals surface area contributed by atoms with Gasteiger partial charge in [0.2, 0.25) is 10.0 Å². The van der Waals surface area contributed by atoms with Crippen molar-refractivity contribution in [2.45, 2.75) is 70.5 Å². The molecule has 0 radical (unpaired) electrons. The average Bonchev–Trinajstić information content (AvgIpc) is 3.69. The largest absolute Gasteiger partial charge is 0.497 e. The van der Waals surface area contributed by atoms with Crippen LogP contribution in [0.1, 0.15) is 79.3 Å². The summed E-state index contributed by atoms with van der Waals surface area (Å²) in [7, 11) is -4.64. The fourth-order valence-electron chi connectivity index (χ4n) is 5.90. The number of hydrogen-bond donors (Lipinski definition) is 1. The van der Waals surface area contributed by atoms with Gasteiger partial charge in [-0.25, -0.2) is 17.2 Å². The number of halogens is 2. The fraction of sp³-hybridized carbons (Fsp3) is 0.382. The first-order valence-corrected chi connectivity index (χ1v) is 17.1. The minimum atomic E-state index is -3.78. The molecular weight excluding hydrogens is 613 g/mol. The van der Waals surface area contributed by atoms with E-state index < -0.39 is 40.1 Å². The van der Waals surface area contributed by atoms with Crippen molar-refractivity contribution in [2.24, 2.45) is 5.73 Å². The van der Waals surface area contributed by atoms with Gasteiger partial charge in [-0.3, -0.25) is 9.10 Å². The normalized spacial score (nSPS) is 17.5. The number of fused-ring (bicyclic) bond motifs is 1. The molecule has 1 saturated heterocycles. The zero-order chi connectivity index (χ0) is 33.2. The minimum Gasteiger partial charge on any atom is -0.460 e. The molecule has 3 aromatic carbocycles. The van der Waals surface area contributed by atoms with Gasteiger partial charge in [-0.15, -0.1) is 0 Å². The molecule has 2 N–H and O–H groups in total. The number of primary amides is 1. The van der Waals surface area contributed by atoms with E-state index in [0.29, 0.717) is 28.0 Å². The molecule has 1 amide bonds. The van der Waals surface area contributed by atoms with Crippen LogP contribution in [-0.2, 0) is 32.2 Å². The first kappa shape index (κ1) is 32.2. The summed E-state index contributed by atoms with van der Waals surface area (Å²) in [5.74, 6) is -1.12. The van der Waals surface area contributed by atoms with Gasteiger partial charge < -0.3 is 19.5 Å². The Morgan fingerprint density at radius 3 is 2.17 bits per heavy atom. The van der Waals surface area contributed by atoms with Crippen molar-refractivity contribution in [3.8, 4) is 0 Å². The molecule has 1 aromatic heterocycles. The van der Waals surface area contributed by atoms with Gasteiger partial charge in [0.05, 0.1) is 28.7 Å². The predicted molar refractivity (Wildman–Crippen MR) is 174 cm³/mol. The van der Waals surface area contributed by atoms with Crippen LogP contribution < -0.4 is 15.5 Å². The summed E-state index contributed by atoms with van der Waals surface area (Å²) in [6, 6.07) is 14.1. The van der Waals surface area contributed by atoms with Crippen LogP contribution in [0.5, 0.6) is 0 Å². The Labute approximate surface area is 268 Å². The molecule has 0 atom stereocenters. The van der Waals surface area contributed by atoms with Crippen molar-refractivity contribution in [2.75, 3.05) is 17.1 Å². The molecule has 1 saturated carbocycles. The summed E-state index contributed by atoms with van der Waals surface area (Å²) < 4.78 is 74.8. The van der Waals surface area contributed by atoms with E-state index >= 15 is 4.39 Å². The van der Waals surface area contributed by atoms with Crippen LogP contribution in [0.2, 0.25) is 0 Å². The lowest BCUT2D eigenvalue weighted by atomic mass is 9.78. The molecule has 0 unspecified atom stereocenters. The van der Waals surface area contributed by atoms with E-state index in [1.165, 1.54) is 22.5 Å². The van der Waals surface area contributed by atoms with Crippen LogP contribution in [0, 0.1) is 11.6 Å². The van der Waals surface area contributed by atoms with Gasteiger partial charge >= 0.3 is 7.12 Å². The zero-order valence-corrected chi connectivity index (χ0v) is 27.3. The second-order valence-corrected chi connectivity index (χ2v) is 15.2. The zero-order valence-electron chi connectivity index (χ0n) is 26.5. The Morgan fingerprint density at radius 2 is 1.61 bits per heavy atom. The molecule has 12 heteroatoms. The highest BCUT2D eigenvalue weighted by Crippen LogP contribution is 2.47. The highest BCUT2D eigenvalue weighted by atomic mass is 32.2. The van der Waals surface area contributed by atoms with Crippen molar-refractivity contribution < 1.29 is 35.7 Å². The molecule has 0 bridgehead atoms. The number of sulfonamides is 1. The van der Waals surface area contributed by atoms with E-state index in [2.05, 4.69) is 0 Å². The maximum Gasteiger partial charge on any atom is 0.497 e. The lowest BCUT2D eigenvalue weighted by Crippen LogP contribution is -2.41. The first-order chi connectivity index (χ1) is 21.5. The summed E-state index contributed by atoms with van der Waals surface area (Å²) in [6.45, 7) is 7.64. The van der Waals surface area contributed by atoms with Crippen LogP contribution in [0.15, 0.2) is 59.0 Å². The molecule has 0 spiro atoms. The Kier molecular flexibility index (Phi) is 8.06. The van der Waals surface area contributed by atoms with Gasteiger partial charge in [0.1, 0.15) is 23.0 Å². The van der Waals surface area contributed by atoms with E-state index in [0.717, 1.165) is 30.2 Å². The molecule has 6 rings (SSSR count). The molecule has 2 fully saturated rings. The van der Waals surface area contributed by atoms with E-state index in [9.17, 15) is 17.6 Å². The predicted octanol–water partition coefficient (Wildman–Crippen LogP) is 5.59. The lowest BCUT2D eigenvalue weighted by molar-refractivity contribution is 0.00578. The van der Waals surface area contributed by atoms with E-state index in [4.69, 9.17) is 19.5 Å². The number of rotatable bonds is 10. The maximum atomic E-state index is 15.4. The van der Waals surface area contributed by atoms with Crippen LogP contribution in [0.25, 0.3) is 11.0 Å². The van der Waals surface area contributed by atoms with Crippen molar-refractivity contribution in [1.82, 2.24) is 0 Å². The molecule has 4 aromatic rings. The van der Waals surface area contributed by atoms with Crippen LogP contribution in [-0.4, -0.2) is 45.4 Å². The lowest BCUT2D eigenvalue weighted by Gasteiger charge is -2.32. The van der Waals surface area contributed by atoms with Gasteiger partial charge in [0, 0.05) is 29.9 Å². The van der Waals surface area contributed by atoms with Gasteiger partial charge in [-0.2, -0.15) is 0 Å². The first-order valence-electron chi connectivity index (χ1n) is 15.3. The highest BCUT2D eigenvalue weighted by Gasteiger charge is 2.52. The SMILES string of the molecule is CC1(C)OB(c2ccc(CCN(c3cc4oc(Cc5ccc(F)cc5)c(C(N)=O)c4cc3C3CC3)S(C)(=O)=O)cc2F)OC1(C)C. The highest BCUT2D eigenvalue weighted by molar-refractivity contribution is 7.92. The quantitative estimate of drug-likeness (QED) is 0.224. The third-order valence-corrected chi connectivity index (χ3v) is 10.5. The van der Waals surface area contributed by atoms with Gasteiger partial charge in [0.25, 0.3) is 5.91 Å². The summed E-state index contributed by atoms with van der Waals surface area (Å²) in [6.07, 6.45) is 3.30. The molecule has 2 heterocycles. The number of nitrogens with zero attached hydrogens (tertiary/aromatic N) is 1. The van der Waals surface area contributed by atoms with E-state index in [1.54, 1.807) is 36.4 Å². The molecule has 1 aliphatic carbocycles. The molecule has 46 heavy (non-hydrogen) atoms. The summed E-state index contributed by atoms with van der Waals surface area (Å²) in [5, 5.41) is 0.504. The molecule has 8 nitrogen and oxygen atoms in total. The molecule has 2 aliphatic rings. The number of hydrogen-bond acceptors (Lipinski definition) is 6. The standard InChI is InChI=1S/C34H37BF2N2O6S/c1-33(2)34(3,4)45-35(44-33)26-13-8-21(16-27(26)37)14-15-39(46(5,41)42)28-19-29-25(18-24(28)22-9-10-22)31(32(38)40)30(43-29)17-20-6-11-23(36)12-7-20/h6-8,11-13,16,18-19,22H,9-10,14-15,17H2,1-5H3,(H2,38,40). The van der Waals surface area contributed by atoms with Gasteiger partial charge in [0.15, 0.2) is 0 Å². The second-order valence-electron chi connectivity index (χ2n) is 13.3. The third kappa shape index (κ3) is 6.18.